The summed E-state index contributed by atoms with van der Waals surface area (Å²) < 4.78 is 1.87. The number of nitrogens with one attached hydrogen (secondary N) is 1. The first-order valence-corrected chi connectivity index (χ1v) is 16.8. The monoisotopic (exact) mass is 691 g/mol. The van der Waals surface area contributed by atoms with Gasteiger partial charge < -0.3 is 19.7 Å². The van der Waals surface area contributed by atoms with Crippen molar-refractivity contribution in [1.82, 2.24) is 29.2 Å². The first kappa shape index (κ1) is 32.1. The molecule has 4 aromatic rings. The number of benzene rings is 2. The molecule has 3 aliphatic heterocycles. The Morgan fingerprint density at radius 1 is 0.936 bits per heavy atom. The molecule has 3 aliphatic rings. The van der Waals surface area contributed by atoms with E-state index in [-0.39, 0.29) is 17.2 Å². The topological polar surface area (TPSA) is 86.6 Å². The van der Waals surface area contributed by atoms with Crippen molar-refractivity contribution in [2.45, 2.75) is 33.4 Å². The lowest BCUT2D eigenvalue weighted by atomic mass is 9.72. The van der Waals surface area contributed by atoms with E-state index in [0.717, 1.165) is 67.2 Å². The summed E-state index contributed by atoms with van der Waals surface area (Å²) in [7, 11) is 3.93. The minimum atomic E-state index is -0.322. The molecular formula is C35H36Cl3N7O2. The van der Waals surface area contributed by atoms with Crippen LogP contribution in [-0.4, -0.2) is 80.8 Å². The van der Waals surface area contributed by atoms with Gasteiger partial charge in [0.05, 0.1) is 27.1 Å². The summed E-state index contributed by atoms with van der Waals surface area (Å²) >= 11 is 20.8. The smallest absolute Gasteiger partial charge is 0.291 e. The van der Waals surface area contributed by atoms with Crippen LogP contribution in [0, 0.1) is 12.3 Å². The highest BCUT2D eigenvalue weighted by molar-refractivity contribution is 6.39. The quantitative estimate of drug-likeness (QED) is 0.238. The Kier molecular flexibility index (Phi) is 8.33. The standard InChI is InChI=1S/C35H36Cl3N7O2/c1-20-13-27(39-32(38)25(20)14-44-16-35(17-44)18-45(19-35)21(2)46)24-9-5-7-22(30(24)36)23-8-6-10-26(31(23)37)41-34(47)33-40-28-15-42(3)12-11-29(28)43(33)4/h5-10,13H,11-12,14-19H2,1-4H3,(H,41,47). The third kappa shape index (κ3) is 5.82. The van der Waals surface area contributed by atoms with E-state index in [2.05, 4.69) is 20.1 Å². The number of likely N-dealkylation sites (tertiary alicyclic amines) is 2. The molecule has 0 radical (unpaired) electrons. The lowest BCUT2D eigenvalue weighted by molar-refractivity contribution is -0.157. The second kappa shape index (κ2) is 12.2. The van der Waals surface area contributed by atoms with E-state index in [1.165, 1.54) is 0 Å². The number of aromatic nitrogens is 3. The van der Waals surface area contributed by atoms with Crippen LogP contribution in [0.2, 0.25) is 15.2 Å². The Morgan fingerprint density at radius 2 is 1.62 bits per heavy atom. The molecule has 9 nitrogen and oxygen atoms in total. The summed E-state index contributed by atoms with van der Waals surface area (Å²) in [6, 6.07) is 13.2. The average Bonchev–Trinajstić information content (AvgIpc) is 3.31. The van der Waals surface area contributed by atoms with E-state index >= 15 is 0 Å². The number of rotatable bonds is 6. The molecule has 47 heavy (non-hydrogen) atoms. The van der Waals surface area contributed by atoms with E-state index in [1.54, 1.807) is 13.0 Å². The zero-order valence-electron chi connectivity index (χ0n) is 26.8. The van der Waals surface area contributed by atoms with Crippen LogP contribution in [0.1, 0.15) is 40.1 Å². The van der Waals surface area contributed by atoms with Crippen LogP contribution in [0.25, 0.3) is 22.4 Å². The van der Waals surface area contributed by atoms with Crippen molar-refractivity contribution >= 4 is 52.3 Å². The molecule has 0 bridgehead atoms. The van der Waals surface area contributed by atoms with E-state index in [1.807, 2.05) is 66.9 Å². The normalized spacial score (nSPS) is 17.3. The van der Waals surface area contributed by atoms with Crippen LogP contribution in [-0.2, 0) is 31.4 Å². The van der Waals surface area contributed by atoms with Gasteiger partial charge in [-0.1, -0.05) is 65.1 Å². The van der Waals surface area contributed by atoms with Gasteiger partial charge in [-0.2, -0.15) is 0 Å². The number of pyridine rings is 1. The van der Waals surface area contributed by atoms with Crippen molar-refractivity contribution < 1.29 is 9.59 Å². The molecule has 2 amide bonds. The van der Waals surface area contributed by atoms with Crippen LogP contribution in [0.3, 0.4) is 0 Å². The lowest BCUT2D eigenvalue weighted by Gasteiger charge is -2.60. The van der Waals surface area contributed by atoms with Gasteiger partial charge in [-0.15, -0.1) is 0 Å². The number of likely N-dealkylation sites (N-methyl/N-ethyl adjacent to an activating group) is 1. The van der Waals surface area contributed by atoms with Crippen LogP contribution < -0.4 is 5.32 Å². The maximum absolute atomic E-state index is 13.4. The number of carbonyl (C=O) groups is 2. The molecule has 2 saturated heterocycles. The van der Waals surface area contributed by atoms with Crippen molar-refractivity contribution in [2.24, 2.45) is 12.5 Å². The van der Waals surface area contributed by atoms with Crippen molar-refractivity contribution in [1.29, 1.82) is 0 Å². The second-order valence-electron chi connectivity index (χ2n) is 13.3. The Hall–Kier alpha value is -3.47. The highest BCUT2D eigenvalue weighted by atomic mass is 35.5. The number of imidazole rings is 1. The number of fused-ring (bicyclic) bond motifs is 1. The van der Waals surface area contributed by atoms with Crippen LogP contribution in [0.15, 0.2) is 42.5 Å². The largest absolute Gasteiger partial charge is 0.341 e. The van der Waals surface area contributed by atoms with Crippen molar-refractivity contribution in [3.05, 3.63) is 86.0 Å². The molecule has 7 rings (SSSR count). The van der Waals surface area contributed by atoms with E-state index < -0.39 is 0 Å². The highest BCUT2D eigenvalue weighted by Gasteiger charge is 2.52. The van der Waals surface area contributed by atoms with Gasteiger partial charge >= 0.3 is 0 Å². The van der Waals surface area contributed by atoms with Crippen LogP contribution in [0.5, 0.6) is 0 Å². The number of hydrogen-bond donors (Lipinski definition) is 1. The number of carbonyl (C=O) groups excluding carboxylic acids is 2. The molecule has 0 aliphatic carbocycles. The predicted octanol–water partition coefficient (Wildman–Crippen LogP) is 6.32. The molecule has 1 N–H and O–H groups in total. The van der Waals surface area contributed by atoms with Crippen LogP contribution in [0.4, 0.5) is 5.69 Å². The van der Waals surface area contributed by atoms with Gasteiger partial charge in [-0.25, -0.2) is 9.97 Å². The number of anilines is 1. The van der Waals surface area contributed by atoms with Gasteiger partial charge in [0.15, 0.2) is 5.82 Å². The zero-order chi connectivity index (χ0) is 33.2. The summed E-state index contributed by atoms with van der Waals surface area (Å²) in [6.07, 6.45) is 0.844. The third-order valence-electron chi connectivity index (χ3n) is 9.76. The van der Waals surface area contributed by atoms with Gasteiger partial charge in [0, 0.05) is 99.6 Å². The first-order valence-electron chi connectivity index (χ1n) is 15.7. The van der Waals surface area contributed by atoms with Crippen LogP contribution >= 0.6 is 34.8 Å². The minimum absolute atomic E-state index is 0.143. The minimum Gasteiger partial charge on any atom is -0.341 e. The zero-order valence-corrected chi connectivity index (χ0v) is 29.1. The molecule has 2 aromatic carbocycles. The van der Waals surface area contributed by atoms with Crippen molar-refractivity contribution in [3.63, 3.8) is 0 Å². The van der Waals surface area contributed by atoms with Gasteiger partial charge in [0.2, 0.25) is 5.91 Å². The van der Waals surface area contributed by atoms with Gasteiger partial charge in [-0.3, -0.25) is 14.5 Å². The molecule has 0 unspecified atom stereocenters. The lowest BCUT2D eigenvalue weighted by Crippen LogP contribution is -2.72. The SMILES string of the molecule is CC(=O)N1CC2(CN(Cc3c(C)cc(-c4cccc(-c5cccc(NC(=O)c6nc7c(n6C)CCN(C)C7)c5Cl)c4Cl)nc3Cl)C2)C1. The predicted molar refractivity (Wildman–Crippen MR) is 186 cm³/mol. The van der Waals surface area contributed by atoms with E-state index in [0.29, 0.717) is 56.6 Å². The molecule has 2 fully saturated rings. The maximum Gasteiger partial charge on any atom is 0.291 e. The Bertz CT molecular complexity index is 1900. The summed E-state index contributed by atoms with van der Waals surface area (Å²) in [5.41, 5.74) is 7.53. The number of nitrogens with zero attached hydrogens (tertiary/aromatic N) is 6. The second-order valence-corrected chi connectivity index (χ2v) is 14.4. The summed E-state index contributed by atoms with van der Waals surface area (Å²) in [5, 5.41) is 4.28. The first-order chi connectivity index (χ1) is 22.4. The Morgan fingerprint density at radius 3 is 2.32 bits per heavy atom. The number of amides is 2. The van der Waals surface area contributed by atoms with Crippen molar-refractivity contribution in [2.75, 3.05) is 45.1 Å². The van der Waals surface area contributed by atoms with Crippen molar-refractivity contribution in [3.8, 4) is 22.4 Å². The number of aryl methyl sites for hydroxylation is 1. The maximum atomic E-state index is 13.4. The van der Waals surface area contributed by atoms with Gasteiger partial charge in [0.1, 0.15) is 5.15 Å². The Balaban J connectivity index is 1.10. The fourth-order valence-corrected chi connectivity index (χ4v) is 8.13. The fourth-order valence-electron chi connectivity index (χ4n) is 7.23. The molecule has 5 heterocycles. The third-order valence-corrected chi connectivity index (χ3v) is 10.9. The molecule has 0 atom stereocenters. The molecule has 12 heteroatoms. The molecular weight excluding hydrogens is 657 g/mol. The van der Waals surface area contributed by atoms with E-state index in [9.17, 15) is 9.59 Å². The average molecular weight is 693 g/mol. The summed E-state index contributed by atoms with van der Waals surface area (Å²) in [6.45, 7) is 9.58. The summed E-state index contributed by atoms with van der Waals surface area (Å²) in [5.74, 6) is 0.172. The molecule has 2 aromatic heterocycles. The van der Waals surface area contributed by atoms with Gasteiger partial charge in [-0.05, 0) is 31.7 Å². The Labute approximate surface area is 289 Å². The number of hydrogen-bond acceptors (Lipinski definition) is 6. The number of halogens is 3. The summed E-state index contributed by atoms with van der Waals surface area (Å²) in [4.78, 5) is 40.8. The van der Waals surface area contributed by atoms with E-state index in [4.69, 9.17) is 39.8 Å². The molecule has 1 spiro atoms. The molecule has 244 valence electrons. The molecule has 0 saturated carbocycles. The fraction of sp³-hybridized carbons (Fsp3) is 0.371. The van der Waals surface area contributed by atoms with Gasteiger partial charge in [0.25, 0.3) is 5.91 Å². The highest BCUT2D eigenvalue weighted by Crippen LogP contribution is 2.43.